The number of hydrogen-bond acceptors (Lipinski definition) is 10. The van der Waals surface area contributed by atoms with Crippen LogP contribution in [0.4, 0.5) is 0 Å². The maximum Gasteiger partial charge on any atom is 0.303 e. The highest BCUT2D eigenvalue weighted by molar-refractivity contribution is 5.68. The fourth-order valence-corrected chi connectivity index (χ4v) is 3.65. The van der Waals surface area contributed by atoms with Crippen molar-refractivity contribution in [2.75, 3.05) is 13.7 Å². The Morgan fingerprint density at radius 1 is 0.727 bits per heavy atom. The molecule has 1 fully saturated rings. The second kappa shape index (κ2) is 12.3. The zero-order valence-corrected chi connectivity index (χ0v) is 19.4. The summed E-state index contributed by atoms with van der Waals surface area (Å²) in [6, 6.07) is 7.54. The Morgan fingerprint density at radius 2 is 1.21 bits per heavy atom. The Hall–Kier alpha value is -2.98. The van der Waals surface area contributed by atoms with E-state index in [1.165, 1.54) is 27.7 Å². The molecule has 0 aliphatic carbocycles. The topological polar surface area (TPSA) is 124 Å². The van der Waals surface area contributed by atoms with Gasteiger partial charge in [-0.2, -0.15) is 0 Å². The smallest absolute Gasteiger partial charge is 0.303 e. The van der Waals surface area contributed by atoms with Crippen LogP contribution in [0.25, 0.3) is 0 Å². The van der Waals surface area contributed by atoms with Gasteiger partial charge in [-0.05, 0) is 11.1 Å². The molecule has 10 heteroatoms. The number of benzene rings is 1. The molecule has 0 amide bonds. The first-order chi connectivity index (χ1) is 15.6. The lowest BCUT2D eigenvalue weighted by Gasteiger charge is -2.44. The van der Waals surface area contributed by atoms with Crippen LogP contribution in [0.15, 0.2) is 24.3 Å². The number of rotatable bonds is 9. The lowest BCUT2D eigenvalue weighted by molar-refractivity contribution is -0.252. The maximum atomic E-state index is 11.9. The Morgan fingerprint density at radius 3 is 1.70 bits per heavy atom. The van der Waals surface area contributed by atoms with Crippen molar-refractivity contribution in [3.63, 3.8) is 0 Å². The fourth-order valence-electron chi connectivity index (χ4n) is 3.65. The minimum atomic E-state index is -1.16. The standard InChI is InChI=1S/C23H30O10/c1-13(24)29-12-20-22(31-15(3)26)23(32-16(4)27)21(30-14(2)25)19(33-20)10-17-6-8-18(9-7-17)11-28-5/h6-9,19-23H,10-12H2,1-5H3/t19-,20+,21-,22+,23+/m0/s1. The van der Waals surface area contributed by atoms with E-state index in [1.54, 1.807) is 7.11 Å². The van der Waals surface area contributed by atoms with Crippen molar-refractivity contribution in [2.24, 2.45) is 0 Å². The van der Waals surface area contributed by atoms with Crippen LogP contribution in [0.1, 0.15) is 38.8 Å². The van der Waals surface area contributed by atoms with Gasteiger partial charge in [0, 0.05) is 41.2 Å². The molecule has 1 aromatic carbocycles. The van der Waals surface area contributed by atoms with E-state index in [9.17, 15) is 19.2 Å². The van der Waals surface area contributed by atoms with Crippen molar-refractivity contribution in [1.82, 2.24) is 0 Å². The molecule has 0 bridgehead atoms. The van der Waals surface area contributed by atoms with E-state index in [2.05, 4.69) is 0 Å². The second-order valence-electron chi connectivity index (χ2n) is 7.69. The quantitative estimate of drug-likeness (QED) is 0.391. The van der Waals surface area contributed by atoms with Gasteiger partial charge in [0.2, 0.25) is 0 Å². The van der Waals surface area contributed by atoms with Crippen LogP contribution in [-0.2, 0) is 60.6 Å². The Balaban J connectivity index is 2.40. The predicted octanol–water partition coefficient (Wildman–Crippen LogP) is 1.50. The van der Waals surface area contributed by atoms with Crippen molar-refractivity contribution in [3.8, 4) is 0 Å². The van der Waals surface area contributed by atoms with Gasteiger partial charge in [-0.15, -0.1) is 0 Å². The average molecular weight is 466 g/mol. The fraction of sp³-hybridized carbons (Fsp3) is 0.565. The number of carbonyl (C=O) groups excluding carboxylic acids is 4. The zero-order chi connectivity index (χ0) is 24.5. The van der Waals surface area contributed by atoms with Crippen molar-refractivity contribution in [3.05, 3.63) is 35.4 Å². The highest BCUT2D eigenvalue weighted by Crippen LogP contribution is 2.31. The van der Waals surface area contributed by atoms with Gasteiger partial charge in [0.25, 0.3) is 0 Å². The Bertz CT molecular complexity index is 834. The molecule has 5 atom stereocenters. The second-order valence-corrected chi connectivity index (χ2v) is 7.69. The molecular weight excluding hydrogens is 436 g/mol. The molecule has 0 unspecified atom stereocenters. The van der Waals surface area contributed by atoms with Crippen molar-refractivity contribution in [2.45, 2.75) is 71.2 Å². The normalized spacial score (nSPS) is 24.5. The van der Waals surface area contributed by atoms with Crippen LogP contribution < -0.4 is 0 Å². The van der Waals surface area contributed by atoms with E-state index in [4.69, 9.17) is 28.4 Å². The molecule has 182 valence electrons. The molecule has 33 heavy (non-hydrogen) atoms. The third-order valence-corrected chi connectivity index (χ3v) is 4.86. The van der Waals surface area contributed by atoms with Crippen molar-refractivity contribution < 1.29 is 47.6 Å². The number of ether oxygens (including phenoxy) is 6. The van der Waals surface area contributed by atoms with E-state index in [-0.39, 0.29) is 13.0 Å². The van der Waals surface area contributed by atoms with Crippen molar-refractivity contribution >= 4 is 23.9 Å². The average Bonchev–Trinajstić information content (AvgIpc) is 2.71. The van der Waals surface area contributed by atoms with E-state index < -0.39 is 54.4 Å². The van der Waals surface area contributed by atoms with Crippen LogP contribution >= 0.6 is 0 Å². The maximum absolute atomic E-state index is 11.9. The molecular formula is C23H30O10. The summed E-state index contributed by atoms with van der Waals surface area (Å²) in [7, 11) is 1.60. The third kappa shape index (κ3) is 8.14. The molecule has 2 rings (SSSR count). The summed E-state index contributed by atoms with van der Waals surface area (Å²) < 4.78 is 32.6. The van der Waals surface area contributed by atoms with E-state index in [0.717, 1.165) is 11.1 Å². The minimum Gasteiger partial charge on any atom is -0.463 e. The van der Waals surface area contributed by atoms with Crippen LogP contribution in [0, 0.1) is 0 Å². The third-order valence-electron chi connectivity index (χ3n) is 4.86. The Labute approximate surface area is 192 Å². The van der Waals surface area contributed by atoms with Crippen LogP contribution in [0.3, 0.4) is 0 Å². The summed E-state index contributed by atoms with van der Waals surface area (Å²) in [6.45, 7) is 5.03. The van der Waals surface area contributed by atoms with Crippen LogP contribution in [-0.4, -0.2) is 68.1 Å². The summed E-state index contributed by atoms with van der Waals surface area (Å²) in [5.41, 5.74) is 1.83. The SMILES string of the molecule is COCc1ccc(C[C@@H]2O[C@H](COC(C)=O)[C@@H](OC(C)=O)[C@H](OC(C)=O)[C@H]2OC(C)=O)cc1. The molecule has 1 aromatic rings. The highest BCUT2D eigenvalue weighted by atomic mass is 16.7. The largest absolute Gasteiger partial charge is 0.463 e. The Kier molecular flexibility index (Phi) is 9.80. The minimum absolute atomic E-state index is 0.249. The summed E-state index contributed by atoms with van der Waals surface area (Å²) in [6.07, 6.45) is -4.84. The lowest BCUT2D eigenvalue weighted by Crippen LogP contribution is -2.62. The summed E-state index contributed by atoms with van der Waals surface area (Å²) >= 11 is 0. The number of hydrogen-bond donors (Lipinski definition) is 0. The van der Waals surface area contributed by atoms with Gasteiger partial charge in [0.1, 0.15) is 18.8 Å². The summed E-state index contributed by atoms with van der Waals surface area (Å²) in [5, 5.41) is 0. The summed E-state index contributed by atoms with van der Waals surface area (Å²) in [5.74, 6) is -2.51. The van der Waals surface area contributed by atoms with Gasteiger partial charge in [-0.1, -0.05) is 24.3 Å². The molecule has 1 heterocycles. The number of methoxy groups -OCH3 is 1. The summed E-state index contributed by atoms with van der Waals surface area (Å²) in [4.78, 5) is 46.9. The molecule has 1 aliphatic rings. The van der Waals surface area contributed by atoms with E-state index in [1.807, 2.05) is 24.3 Å². The van der Waals surface area contributed by atoms with E-state index >= 15 is 0 Å². The van der Waals surface area contributed by atoms with Crippen LogP contribution in [0.2, 0.25) is 0 Å². The van der Waals surface area contributed by atoms with Crippen molar-refractivity contribution in [1.29, 1.82) is 0 Å². The van der Waals surface area contributed by atoms with Gasteiger partial charge in [-0.25, -0.2) is 0 Å². The molecule has 0 spiro atoms. The van der Waals surface area contributed by atoms with Gasteiger partial charge in [-0.3, -0.25) is 19.2 Å². The predicted molar refractivity (Wildman–Crippen MR) is 113 cm³/mol. The van der Waals surface area contributed by atoms with Gasteiger partial charge in [0.15, 0.2) is 18.3 Å². The lowest BCUT2D eigenvalue weighted by atomic mass is 9.90. The molecule has 0 saturated carbocycles. The number of esters is 4. The van der Waals surface area contributed by atoms with Gasteiger partial charge < -0.3 is 28.4 Å². The molecule has 0 N–H and O–H groups in total. The number of carbonyl (C=O) groups is 4. The zero-order valence-electron chi connectivity index (χ0n) is 19.4. The first-order valence-corrected chi connectivity index (χ1v) is 10.5. The molecule has 1 aliphatic heterocycles. The first kappa shape index (κ1) is 26.3. The first-order valence-electron chi connectivity index (χ1n) is 10.5. The molecule has 0 aromatic heterocycles. The molecule has 1 saturated heterocycles. The van der Waals surface area contributed by atoms with Gasteiger partial charge >= 0.3 is 23.9 Å². The van der Waals surface area contributed by atoms with E-state index in [0.29, 0.717) is 6.61 Å². The van der Waals surface area contributed by atoms with Gasteiger partial charge in [0.05, 0.1) is 6.61 Å². The van der Waals surface area contributed by atoms with Crippen LogP contribution in [0.5, 0.6) is 0 Å². The molecule has 10 nitrogen and oxygen atoms in total. The monoisotopic (exact) mass is 466 g/mol. The molecule has 0 radical (unpaired) electrons. The highest BCUT2D eigenvalue weighted by Gasteiger charge is 2.51.